The smallest absolute Gasteiger partial charge is 0.0491 e. The molecular formula is C57H46N2. The summed E-state index contributed by atoms with van der Waals surface area (Å²) in [5.41, 5.74) is 20.0. The lowest BCUT2D eigenvalue weighted by molar-refractivity contribution is 1.25. The minimum atomic E-state index is 1.11. The van der Waals surface area contributed by atoms with Crippen LogP contribution in [0.4, 0.5) is 34.1 Å². The number of hydrogen-bond donors (Lipinski definition) is 0. The van der Waals surface area contributed by atoms with E-state index in [1.807, 2.05) is 0 Å². The van der Waals surface area contributed by atoms with Gasteiger partial charge in [0.25, 0.3) is 0 Å². The minimum absolute atomic E-state index is 1.11. The molecule has 284 valence electrons. The summed E-state index contributed by atoms with van der Waals surface area (Å²) in [7, 11) is 0. The van der Waals surface area contributed by atoms with Crippen LogP contribution in [0, 0.1) is 20.8 Å². The first-order chi connectivity index (χ1) is 29.0. The maximum atomic E-state index is 2.40. The SMILES string of the molecule is Cc1ccc(N(c2cccc(-c3ccccc3)c2)c2ccc(-c3ccc(N(c4cccc(-c5ccccc5)c4)c4cccc(-c5ccccc5)c4)c(C)c3)c(C)c2)cc1. The Balaban J connectivity index is 1.10. The van der Waals surface area contributed by atoms with Crippen molar-refractivity contribution in [3.05, 3.63) is 241 Å². The van der Waals surface area contributed by atoms with Crippen molar-refractivity contribution in [1.82, 2.24) is 0 Å². The van der Waals surface area contributed by atoms with Crippen LogP contribution in [0.15, 0.2) is 224 Å². The lowest BCUT2D eigenvalue weighted by atomic mass is 9.96. The number of aryl methyl sites for hydroxylation is 3. The standard InChI is InChI=1S/C57H46N2/c1-41-28-31-51(32-29-41)58(52-25-13-22-47(38-52)44-16-7-4-8-17-44)55-33-34-56(42(2)37-55)50-30-35-57(43(3)36-50)59(53-26-14-23-48(39-53)45-18-9-5-10-19-45)54-27-15-24-49(40-54)46-20-11-6-12-21-46/h4-40H,1-3H3. The molecule has 0 aromatic heterocycles. The number of hydrogen-bond acceptors (Lipinski definition) is 2. The summed E-state index contributed by atoms with van der Waals surface area (Å²) in [6.45, 7) is 6.60. The van der Waals surface area contributed by atoms with Gasteiger partial charge in [-0.15, -0.1) is 0 Å². The third-order valence-electron chi connectivity index (χ3n) is 11.1. The highest BCUT2D eigenvalue weighted by atomic mass is 15.1. The van der Waals surface area contributed by atoms with Gasteiger partial charge in [-0.2, -0.15) is 0 Å². The molecule has 0 heterocycles. The van der Waals surface area contributed by atoms with Crippen LogP contribution in [-0.2, 0) is 0 Å². The van der Waals surface area contributed by atoms with Crippen LogP contribution in [0.3, 0.4) is 0 Å². The fourth-order valence-corrected chi connectivity index (χ4v) is 8.12. The predicted octanol–water partition coefficient (Wildman–Crippen LogP) is 16.2. The van der Waals surface area contributed by atoms with Crippen molar-refractivity contribution in [1.29, 1.82) is 0 Å². The molecule has 0 radical (unpaired) electrons. The molecule has 9 rings (SSSR count). The van der Waals surface area contributed by atoms with Gasteiger partial charge in [-0.25, -0.2) is 0 Å². The van der Waals surface area contributed by atoms with Crippen LogP contribution in [0.2, 0.25) is 0 Å². The van der Waals surface area contributed by atoms with Crippen molar-refractivity contribution < 1.29 is 0 Å². The Morgan fingerprint density at radius 2 is 0.678 bits per heavy atom. The lowest BCUT2D eigenvalue weighted by Gasteiger charge is -2.29. The van der Waals surface area contributed by atoms with Gasteiger partial charge < -0.3 is 9.80 Å². The zero-order valence-electron chi connectivity index (χ0n) is 33.8. The van der Waals surface area contributed by atoms with Crippen LogP contribution in [0.25, 0.3) is 44.5 Å². The topological polar surface area (TPSA) is 6.48 Å². The first kappa shape index (κ1) is 37.2. The van der Waals surface area contributed by atoms with E-state index in [4.69, 9.17) is 0 Å². The molecule has 0 unspecified atom stereocenters. The minimum Gasteiger partial charge on any atom is -0.310 e. The normalized spacial score (nSPS) is 11.0. The Hall–Kier alpha value is -7.42. The van der Waals surface area contributed by atoms with E-state index in [-0.39, 0.29) is 0 Å². The molecule has 0 bridgehead atoms. The van der Waals surface area contributed by atoms with E-state index in [0.29, 0.717) is 0 Å². The van der Waals surface area contributed by atoms with E-state index in [0.717, 1.165) is 34.1 Å². The maximum absolute atomic E-state index is 2.40. The Kier molecular flexibility index (Phi) is 10.5. The predicted molar refractivity (Wildman–Crippen MR) is 252 cm³/mol. The van der Waals surface area contributed by atoms with E-state index in [1.165, 1.54) is 61.2 Å². The van der Waals surface area contributed by atoms with Gasteiger partial charge in [-0.05, 0) is 149 Å². The quantitative estimate of drug-likeness (QED) is 0.137. The zero-order chi connectivity index (χ0) is 40.1. The molecule has 0 saturated carbocycles. The van der Waals surface area contributed by atoms with Crippen molar-refractivity contribution in [2.24, 2.45) is 0 Å². The molecule has 59 heavy (non-hydrogen) atoms. The molecule has 0 saturated heterocycles. The Morgan fingerprint density at radius 3 is 1.14 bits per heavy atom. The maximum Gasteiger partial charge on any atom is 0.0491 e. The molecule has 2 nitrogen and oxygen atoms in total. The van der Waals surface area contributed by atoms with Crippen molar-refractivity contribution in [2.45, 2.75) is 20.8 Å². The molecule has 0 spiro atoms. The molecule has 9 aromatic rings. The monoisotopic (exact) mass is 758 g/mol. The van der Waals surface area contributed by atoms with Gasteiger partial charge in [-0.3, -0.25) is 0 Å². The average Bonchev–Trinajstić information content (AvgIpc) is 3.29. The van der Waals surface area contributed by atoms with E-state index in [2.05, 4.69) is 255 Å². The third-order valence-corrected chi connectivity index (χ3v) is 11.1. The molecule has 0 aliphatic rings. The van der Waals surface area contributed by atoms with E-state index < -0.39 is 0 Å². The van der Waals surface area contributed by atoms with Gasteiger partial charge in [0.2, 0.25) is 0 Å². The molecule has 0 amide bonds. The molecule has 0 atom stereocenters. The van der Waals surface area contributed by atoms with Crippen LogP contribution >= 0.6 is 0 Å². The van der Waals surface area contributed by atoms with Crippen molar-refractivity contribution in [2.75, 3.05) is 9.80 Å². The van der Waals surface area contributed by atoms with Crippen molar-refractivity contribution >= 4 is 34.1 Å². The van der Waals surface area contributed by atoms with Gasteiger partial charge in [0.15, 0.2) is 0 Å². The second-order valence-electron chi connectivity index (χ2n) is 15.3. The summed E-state index contributed by atoms with van der Waals surface area (Å²) in [6, 6.07) is 81.0. The largest absolute Gasteiger partial charge is 0.310 e. The molecule has 0 aliphatic carbocycles. The summed E-state index contributed by atoms with van der Waals surface area (Å²) < 4.78 is 0. The Labute approximate surface area is 349 Å². The van der Waals surface area contributed by atoms with E-state index in [9.17, 15) is 0 Å². The molecule has 0 N–H and O–H groups in total. The molecule has 2 heteroatoms. The number of anilines is 6. The fraction of sp³-hybridized carbons (Fsp3) is 0.0526. The summed E-state index contributed by atoms with van der Waals surface area (Å²) in [5, 5.41) is 0. The molecule has 0 fully saturated rings. The first-order valence-electron chi connectivity index (χ1n) is 20.3. The summed E-state index contributed by atoms with van der Waals surface area (Å²) in [6.07, 6.45) is 0. The van der Waals surface area contributed by atoms with Gasteiger partial charge in [0.1, 0.15) is 0 Å². The fourth-order valence-electron chi connectivity index (χ4n) is 8.12. The highest BCUT2D eigenvalue weighted by Crippen LogP contribution is 2.43. The number of rotatable bonds is 10. The molecule has 9 aromatic carbocycles. The summed E-state index contributed by atoms with van der Waals surface area (Å²) in [5.74, 6) is 0. The summed E-state index contributed by atoms with van der Waals surface area (Å²) in [4.78, 5) is 4.76. The van der Waals surface area contributed by atoms with Crippen molar-refractivity contribution in [3.8, 4) is 44.5 Å². The third kappa shape index (κ3) is 7.94. The van der Waals surface area contributed by atoms with Gasteiger partial charge in [0, 0.05) is 34.1 Å². The van der Waals surface area contributed by atoms with E-state index >= 15 is 0 Å². The van der Waals surface area contributed by atoms with Gasteiger partial charge >= 0.3 is 0 Å². The Bertz CT molecular complexity index is 2760. The average molecular weight is 759 g/mol. The van der Waals surface area contributed by atoms with Gasteiger partial charge in [0.05, 0.1) is 0 Å². The Morgan fingerprint density at radius 1 is 0.254 bits per heavy atom. The van der Waals surface area contributed by atoms with Crippen LogP contribution in [-0.4, -0.2) is 0 Å². The van der Waals surface area contributed by atoms with Gasteiger partial charge in [-0.1, -0.05) is 157 Å². The van der Waals surface area contributed by atoms with Crippen LogP contribution in [0.1, 0.15) is 16.7 Å². The lowest BCUT2D eigenvalue weighted by Crippen LogP contribution is -2.12. The first-order valence-corrected chi connectivity index (χ1v) is 20.3. The highest BCUT2D eigenvalue weighted by molar-refractivity contribution is 5.86. The number of benzene rings is 9. The second-order valence-corrected chi connectivity index (χ2v) is 15.3. The van der Waals surface area contributed by atoms with E-state index in [1.54, 1.807) is 0 Å². The molecular weight excluding hydrogens is 713 g/mol. The highest BCUT2D eigenvalue weighted by Gasteiger charge is 2.19. The molecule has 0 aliphatic heterocycles. The van der Waals surface area contributed by atoms with Crippen LogP contribution < -0.4 is 9.80 Å². The van der Waals surface area contributed by atoms with Crippen molar-refractivity contribution in [3.63, 3.8) is 0 Å². The number of nitrogens with zero attached hydrogens (tertiary/aromatic N) is 2. The second kappa shape index (κ2) is 16.6. The summed E-state index contributed by atoms with van der Waals surface area (Å²) >= 11 is 0. The zero-order valence-corrected chi connectivity index (χ0v) is 33.8. The van der Waals surface area contributed by atoms with Crippen LogP contribution in [0.5, 0.6) is 0 Å².